The number of carbonyl (C=O) groups excluding carboxylic acids is 1. The number of amides is 1. The van der Waals surface area contributed by atoms with E-state index in [-0.39, 0.29) is 19.1 Å². The van der Waals surface area contributed by atoms with Gasteiger partial charge in [-0.1, -0.05) is 41.6 Å². The number of pyridine rings is 1. The molecule has 1 N–H and O–H groups in total. The minimum absolute atomic E-state index is 0.198. The van der Waals surface area contributed by atoms with Crippen molar-refractivity contribution in [3.05, 3.63) is 65.8 Å². The molecule has 2 aromatic carbocycles. The number of para-hydroxylation sites is 1. The monoisotopic (exact) mass is 408 g/mol. The zero-order valence-electron chi connectivity index (χ0n) is 16.2. The van der Waals surface area contributed by atoms with Gasteiger partial charge < -0.3 is 14.8 Å². The van der Waals surface area contributed by atoms with Gasteiger partial charge in [0.25, 0.3) is 5.91 Å². The van der Waals surface area contributed by atoms with Crippen LogP contribution in [0.15, 0.2) is 60.8 Å². The number of carbonyl (C=O) groups is 1. The second-order valence-corrected chi connectivity index (χ2v) is 7.16. The third-order valence-corrected chi connectivity index (χ3v) is 4.34. The van der Waals surface area contributed by atoms with Crippen LogP contribution in [0.2, 0.25) is 5.02 Å². The largest absolute Gasteiger partial charge is 0.479 e. The van der Waals surface area contributed by atoms with Crippen LogP contribution in [0.1, 0.15) is 13.8 Å². The van der Waals surface area contributed by atoms with Crippen LogP contribution in [0.25, 0.3) is 10.9 Å². The van der Waals surface area contributed by atoms with Crippen LogP contribution in [-0.4, -0.2) is 29.6 Å². The lowest BCUT2D eigenvalue weighted by Gasteiger charge is -2.24. The summed E-state index contributed by atoms with van der Waals surface area (Å²) in [5.74, 6) is 6.75. The Hall–Kier alpha value is -3.23. The maximum atomic E-state index is 12.4. The van der Waals surface area contributed by atoms with E-state index in [4.69, 9.17) is 21.1 Å². The smallest absolute Gasteiger partial charge is 0.264 e. The van der Waals surface area contributed by atoms with E-state index in [0.717, 1.165) is 10.9 Å². The molecule has 0 bridgehead atoms. The fourth-order valence-electron chi connectivity index (χ4n) is 2.60. The third kappa shape index (κ3) is 5.63. The summed E-state index contributed by atoms with van der Waals surface area (Å²) in [6.45, 7) is 3.79. The van der Waals surface area contributed by atoms with Crippen molar-refractivity contribution in [2.24, 2.45) is 0 Å². The summed E-state index contributed by atoms with van der Waals surface area (Å²) in [7, 11) is 0. The second-order valence-electron chi connectivity index (χ2n) is 6.72. The molecule has 1 heterocycles. The molecule has 5 nitrogen and oxygen atoms in total. The number of fused-ring (bicyclic) bond motifs is 1. The Labute approximate surface area is 175 Å². The van der Waals surface area contributed by atoms with Gasteiger partial charge in [-0.05, 0) is 50.2 Å². The number of aromatic nitrogens is 1. The summed E-state index contributed by atoms with van der Waals surface area (Å²) < 4.78 is 11.4. The quantitative estimate of drug-likeness (QED) is 0.619. The van der Waals surface area contributed by atoms with Crippen molar-refractivity contribution in [2.75, 3.05) is 13.2 Å². The predicted molar refractivity (Wildman–Crippen MR) is 114 cm³/mol. The molecule has 0 fully saturated rings. The standard InChI is InChI=1S/C23H21ClN2O3/c1-23(2,29-19-12-10-18(24)11-13-19)22(27)26-14-3-4-16-28-20-9-5-7-17-8-6-15-25-21(17)20/h5-13,15H,14,16H2,1-2H3,(H,26,27). The van der Waals surface area contributed by atoms with Gasteiger partial charge in [0, 0.05) is 16.6 Å². The van der Waals surface area contributed by atoms with Gasteiger partial charge in [0.05, 0.1) is 6.54 Å². The zero-order valence-corrected chi connectivity index (χ0v) is 17.0. The van der Waals surface area contributed by atoms with Crippen LogP contribution in [0, 0.1) is 11.8 Å². The first-order chi connectivity index (χ1) is 14.0. The molecule has 0 aliphatic rings. The first kappa shape index (κ1) is 20.5. The van der Waals surface area contributed by atoms with Gasteiger partial charge in [0.2, 0.25) is 0 Å². The molecule has 0 aliphatic heterocycles. The number of rotatable bonds is 6. The van der Waals surface area contributed by atoms with E-state index in [2.05, 4.69) is 22.1 Å². The van der Waals surface area contributed by atoms with E-state index in [1.54, 1.807) is 44.3 Å². The minimum atomic E-state index is -1.04. The molecular formula is C23H21ClN2O3. The highest BCUT2D eigenvalue weighted by molar-refractivity contribution is 6.30. The molecule has 1 amide bonds. The number of hydrogen-bond acceptors (Lipinski definition) is 4. The maximum absolute atomic E-state index is 12.4. The second kappa shape index (κ2) is 9.31. The van der Waals surface area contributed by atoms with E-state index in [9.17, 15) is 4.79 Å². The lowest BCUT2D eigenvalue weighted by Crippen LogP contribution is -2.46. The Bertz CT molecular complexity index is 1050. The van der Waals surface area contributed by atoms with Gasteiger partial charge in [-0.2, -0.15) is 0 Å². The van der Waals surface area contributed by atoms with Gasteiger partial charge in [0.1, 0.15) is 23.6 Å². The number of nitrogens with zero attached hydrogens (tertiary/aromatic N) is 1. The average Bonchev–Trinajstić information content (AvgIpc) is 2.72. The lowest BCUT2D eigenvalue weighted by molar-refractivity contribution is -0.133. The molecule has 0 spiro atoms. The summed E-state index contributed by atoms with van der Waals surface area (Å²) in [6.07, 6.45) is 1.73. The number of halogens is 1. The number of benzene rings is 2. The molecule has 6 heteroatoms. The average molecular weight is 409 g/mol. The van der Waals surface area contributed by atoms with Crippen molar-refractivity contribution in [2.45, 2.75) is 19.4 Å². The molecule has 29 heavy (non-hydrogen) atoms. The molecular weight excluding hydrogens is 388 g/mol. The highest BCUT2D eigenvalue weighted by Crippen LogP contribution is 2.23. The molecule has 0 saturated heterocycles. The van der Waals surface area contributed by atoms with Crippen molar-refractivity contribution in [1.29, 1.82) is 0 Å². The Morgan fingerprint density at radius 3 is 2.66 bits per heavy atom. The number of nitrogens with one attached hydrogen (secondary N) is 1. The van der Waals surface area contributed by atoms with Gasteiger partial charge >= 0.3 is 0 Å². The number of ether oxygens (including phenoxy) is 2. The van der Waals surface area contributed by atoms with Gasteiger partial charge in [-0.25, -0.2) is 0 Å². The highest BCUT2D eigenvalue weighted by Gasteiger charge is 2.29. The van der Waals surface area contributed by atoms with Crippen LogP contribution >= 0.6 is 11.6 Å². The highest BCUT2D eigenvalue weighted by atomic mass is 35.5. The minimum Gasteiger partial charge on any atom is -0.479 e. The summed E-state index contributed by atoms with van der Waals surface area (Å²) in [5.41, 5.74) is -0.244. The normalized spacial score (nSPS) is 10.7. The Morgan fingerprint density at radius 2 is 1.86 bits per heavy atom. The molecule has 0 atom stereocenters. The summed E-state index contributed by atoms with van der Waals surface area (Å²) >= 11 is 5.86. The molecule has 3 rings (SSSR count). The van der Waals surface area contributed by atoms with E-state index < -0.39 is 5.60 Å². The fraction of sp³-hybridized carbons (Fsp3) is 0.217. The van der Waals surface area contributed by atoms with Crippen molar-refractivity contribution in [3.8, 4) is 23.3 Å². The van der Waals surface area contributed by atoms with Crippen LogP contribution in [0.4, 0.5) is 0 Å². The van der Waals surface area contributed by atoms with Crippen molar-refractivity contribution in [1.82, 2.24) is 10.3 Å². The Balaban J connectivity index is 1.47. The Morgan fingerprint density at radius 1 is 1.10 bits per heavy atom. The first-order valence-corrected chi connectivity index (χ1v) is 9.49. The SMILES string of the molecule is CC(C)(Oc1ccc(Cl)cc1)C(=O)NCC#CCOc1cccc2cccnc12. The molecule has 0 aliphatic carbocycles. The van der Waals surface area contributed by atoms with Gasteiger partial charge in [-0.3, -0.25) is 9.78 Å². The third-order valence-electron chi connectivity index (χ3n) is 4.09. The van der Waals surface area contributed by atoms with Crippen LogP contribution in [0.3, 0.4) is 0 Å². The van der Waals surface area contributed by atoms with Gasteiger partial charge in [-0.15, -0.1) is 0 Å². The van der Waals surface area contributed by atoms with E-state index >= 15 is 0 Å². The van der Waals surface area contributed by atoms with Gasteiger partial charge in [0.15, 0.2) is 5.60 Å². The molecule has 0 radical (unpaired) electrons. The fourth-order valence-corrected chi connectivity index (χ4v) is 2.73. The summed E-state index contributed by atoms with van der Waals surface area (Å²) in [4.78, 5) is 16.7. The van der Waals surface area contributed by atoms with E-state index in [1.165, 1.54) is 0 Å². The molecule has 1 aromatic heterocycles. The lowest BCUT2D eigenvalue weighted by atomic mass is 10.1. The zero-order chi connectivity index (χ0) is 20.7. The summed E-state index contributed by atoms with van der Waals surface area (Å²) in [6, 6.07) is 16.5. The predicted octanol–water partition coefficient (Wildman–Crippen LogP) is 4.24. The molecule has 0 unspecified atom stereocenters. The van der Waals surface area contributed by atoms with Crippen LogP contribution < -0.4 is 14.8 Å². The summed E-state index contributed by atoms with van der Waals surface area (Å²) in [5, 5.41) is 4.37. The van der Waals surface area contributed by atoms with Crippen molar-refractivity contribution in [3.63, 3.8) is 0 Å². The molecule has 3 aromatic rings. The maximum Gasteiger partial charge on any atom is 0.264 e. The number of hydrogen-bond donors (Lipinski definition) is 1. The Kier molecular flexibility index (Phi) is 6.58. The first-order valence-electron chi connectivity index (χ1n) is 9.11. The van der Waals surface area contributed by atoms with E-state index in [1.807, 2.05) is 30.3 Å². The van der Waals surface area contributed by atoms with E-state index in [0.29, 0.717) is 16.5 Å². The topological polar surface area (TPSA) is 60.5 Å². The van der Waals surface area contributed by atoms with Crippen molar-refractivity contribution < 1.29 is 14.3 Å². The molecule has 0 saturated carbocycles. The van der Waals surface area contributed by atoms with Crippen LogP contribution in [0.5, 0.6) is 11.5 Å². The molecule has 148 valence electrons. The van der Waals surface area contributed by atoms with Crippen molar-refractivity contribution >= 4 is 28.4 Å². The van der Waals surface area contributed by atoms with Crippen LogP contribution in [-0.2, 0) is 4.79 Å².